The second kappa shape index (κ2) is 2.39. The molecule has 1 aromatic rings. The molecule has 0 spiro atoms. The molecule has 2 rings (SSSR count). The fourth-order valence-corrected chi connectivity index (χ4v) is 1.34. The Hall–Kier alpha value is -1.30. The Morgan fingerprint density at radius 3 is 2.91 bits per heavy atom. The largest absolute Gasteiger partial charge is 0.0988 e. The summed E-state index contributed by atoms with van der Waals surface area (Å²) in [5, 5.41) is 0. The fourth-order valence-electron chi connectivity index (χ4n) is 1.34. The summed E-state index contributed by atoms with van der Waals surface area (Å²) >= 11 is 0. The molecule has 0 nitrogen and oxygen atoms in total. The molecule has 0 atom stereocenters. The van der Waals surface area contributed by atoms with Gasteiger partial charge in [0.1, 0.15) is 0 Å². The van der Waals surface area contributed by atoms with Crippen molar-refractivity contribution in [2.75, 3.05) is 0 Å². The lowest BCUT2D eigenvalue weighted by molar-refractivity contribution is 1.25. The molecule has 0 bridgehead atoms. The van der Waals surface area contributed by atoms with Crippen molar-refractivity contribution in [3.05, 3.63) is 59.7 Å². The van der Waals surface area contributed by atoms with Crippen molar-refractivity contribution in [2.24, 2.45) is 0 Å². The number of hydrogen-bond acceptors (Lipinski definition) is 0. The molecule has 11 heavy (non-hydrogen) atoms. The first-order chi connectivity index (χ1) is 5.40. The zero-order chi connectivity index (χ0) is 7.68. The zero-order valence-corrected chi connectivity index (χ0v) is 6.30. The van der Waals surface area contributed by atoms with Crippen molar-refractivity contribution in [3.63, 3.8) is 0 Å². The van der Waals surface area contributed by atoms with Gasteiger partial charge < -0.3 is 0 Å². The Balaban J connectivity index is 2.47. The third kappa shape index (κ3) is 1.01. The number of rotatable bonds is 1. The van der Waals surface area contributed by atoms with Gasteiger partial charge in [0.15, 0.2) is 0 Å². The van der Waals surface area contributed by atoms with Crippen LogP contribution in [-0.2, 0) is 6.42 Å². The van der Waals surface area contributed by atoms with Crippen molar-refractivity contribution < 1.29 is 0 Å². The van der Waals surface area contributed by atoms with Gasteiger partial charge in [-0.05, 0) is 29.2 Å². The minimum absolute atomic E-state index is 1.000. The van der Waals surface area contributed by atoms with Crippen LogP contribution in [0.3, 0.4) is 0 Å². The maximum absolute atomic E-state index is 3.73. The molecule has 0 heterocycles. The van der Waals surface area contributed by atoms with Crippen molar-refractivity contribution >= 4 is 0 Å². The van der Waals surface area contributed by atoms with Gasteiger partial charge in [0.2, 0.25) is 0 Å². The molecular weight excluding hydrogens is 132 g/mol. The van der Waals surface area contributed by atoms with Crippen LogP contribution in [0.25, 0.3) is 0 Å². The molecule has 0 N–H and O–H groups in total. The van der Waals surface area contributed by atoms with Gasteiger partial charge in [-0.15, -0.1) is 0 Å². The Labute approximate surface area is 66.9 Å². The highest BCUT2D eigenvalue weighted by molar-refractivity contribution is 5.44. The van der Waals surface area contributed by atoms with E-state index >= 15 is 0 Å². The van der Waals surface area contributed by atoms with E-state index in [1.165, 1.54) is 16.7 Å². The van der Waals surface area contributed by atoms with E-state index < -0.39 is 0 Å². The topological polar surface area (TPSA) is 0 Å². The van der Waals surface area contributed by atoms with Gasteiger partial charge in [-0.1, -0.05) is 36.9 Å². The summed E-state index contributed by atoms with van der Waals surface area (Å²) < 4.78 is 0. The third-order valence-corrected chi connectivity index (χ3v) is 1.94. The van der Waals surface area contributed by atoms with Crippen LogP contribution >= 0.6 is 0 Å². The number of benzene rings is 1. The van der Waals surface area contributed by atoms with E-state index in [9.17, 15) is 0 Å². The fraction of sp³-hybridized carbons (Fsp3) is 0.0909. The average Bonchev–Trinajstić information content (AvgIpc) is 2.46. The highest BCUT2D eigenvalue weighted by Crippen LogP contribution is 2.22. The molecule has 0 saturated carbocycles. The lowest BCUT2D eigenvalue weighted by atomic mass is 10.1. The first-order valence-corrected chi connectivity index (χ1v) is 3.73. The van der Waals surface area contributed by atoms with Crippen LogP contribution in [0.15, 0.2) is 42.5 Å². The molecule has 1 aromatic carbocycles. The van der Waals surface area contributed by atoms with Gasteiger partial charge in [0.25, 0.3) is 0 Å². The summed E-state index contributed by atoms with van der Waals surface area (Å²) in [7, 11) is 0. The van der Waals surface area contributed by atoms with Gasteiger partial charge in [0.05, 0.1) is 0 Å². The van der Waals surface area contributed by atoms with Crippen molar-refractivity contribution in [3.8, 4) is 0 Å². The SMILES string of the molecule is C=CC1=[C]c2ccccc2C1. The highest BCUT2D eigenvalue weighted by atomic mass is 14.1. The highest BCUT2D eigenvalue weighted by Gasteiger charge is 2.08. The summed E-state index contributed by atoms with van der Waals surface area (Å²) in [6.45, 7) is 3.73. The number of hydrogen-bond donors (Lipinski definition) is 0. The second-order valence-corrected chi connectivity index (χ2v) is 2.69. The van der Waals surface area contributed by atoms with E-state index in [0.717, 1.165) is 6.42 Å². The van der Waals surface area contributed by atoms with E-state index in [2.05, 4.69) is 30.9 Å². The molecule has 1 aliphatic carbocycles. The van der Waals surface area contributed by atoms with Crippen LogP contribution in [0.4, 0.5) is 0 Å². The standard InChI is InChI=1S/C11H9/c1-2-9-7-10-5-3-4-6-11(10)8-9/h2-6H,1,7H2. The van der Waals surface area contributed by atoms with Crippen LogP contribution in [0, 0.1) is 6.08 Å². The minimum Gasteiger partial charge on any atom is -0.0988 e. The van der Waals surface area contributed by atoms with Gasteiger partial charge in [-0.25, -0.2) is 0 Å². The Kier molecular flexibility index (Phi) is 1.39. The second-order valence-electron chi connectivity index (χ2n) is 2.69. The van der Waals surface area contributed by atoms with Crippen molar-refractivity contribution in [1.82, 2.24) is 0 Å². The van der Waals surface area contributed by atoms with Crippen molar-refractivity contribution in [2.45, 2.75) is 6.42 Å². The Morgan fingerprint density at radius 1 is 1.36 bits per heavy atom. The summed E-state index contributed by atoms with van der Waals surface area (Å²) in [5.41, 5.74) is 3.79. The molecule has 0 aliphatic heterocycles. The van der Waals surface area contributed by atoms with Crippen LogP contribution in [-0.4, -0.2) is 0 Å². The minimum atomic E-state index is 1.000. The first-order valence-electron chi connectivity index (χ1n) is 3.73. The van der Waals surface area contributed by atoms with Crippen molar-refractivity contribution in [1.29, 1.82) is 0 Å². The lowest BCUT2D eigenvalue weighted by Crippen LogP contribution is -1.80. The summed E-state index contributed by atoms with van der Waals surface area (Å²) in [6.07, 6.45) is 6.16. The molecule has 0 unspecified atom stereocenters. The third-order valence-electron chi connectivity index (χ3n) is 1.94. The van der Waals surface area contributed by atoms with E-state index in [4.69, 9.17) is 0 Å². The van der Waals surface area contributed by atoms with Gasteiger partial charge >= 0.3 is 0 Å². The normalized spacial score (nSPS) is 14.0. The van der Waals surface area contributed by atoms with E-state index in [-0.39, 0.29) is 0 Å². The molecule has 53 valence electrons. The molecule has 1 aliphatic rings. The summed E-state index contributed by atoms with van der Waals surface area (Å²) in [6, 6.07) is 8.33. The van der Waals surface area contributed by atoms with E-state index in [0.29, 0.717) is 0 Å². The molecular formula is C11H9. The first kappa shape index (κ1) is 6.41. The number of allylic oxidation sites excluding steroid dienone is 2. The van der Waals surface area contributed by atoms with Crippen LogP contribution in [0.2, 0.25) is 0 Å². The molecule has 0 saturated heterocycles. The monoisotopic (exact) mass is 141 g/mol. The molecule has 0 fully saturated rings. The Bertz CT molecular complexity index is 319. The quantitative estimate of drug-likeness (QED) is 0.563. The van der Waals surface area contributed by atoms with Gasteiger partial charge in [-0.3, -0.25) is 0 Å². The predicted molar refractivity (Wildman–Crippen MR) is 46.2 cm³/mol. The van der Waals surface area contributed by atoms with Crippen LogP contribution in [0.1, 0.15) is 11.1 Å². The smallest absolute Gasteiger partial charge is 0.00134 e. The molecule has 1 radical (unpaired) electrons. The molecule has 0 aromatic heterocycles. The lowest BCUT2D eigenvalue weighted by Gasteiger charge is -1.93. The summed E-state index contributed by atoms with van der Waals surface area (Å²) in [4.78, 5) is 0. The maximum Gasteiger partial charge on any atom is -0.00134 e. The predicted octanol–water partition coefficient (Wildman–Crippen LogP) is 2.51. The number of fused-ring (bicyclic) bond motifs is 1. The van der Waals surface area contributed by atoms with Crippen LogP contribution < -0.4 is 0 Å². The van der Waals surface area contributed by atoms with Gasteiger partial charge in [0, 0.05) is 0 Å². The Morgan fingerprint density at radius 2 is 2.18 bits per heavy atom. The van der Waals surface area contributed by atoms with Crippen LogP contribution in [0.5, 0.6) is 0 Å². The van der Waals surface area contributed by atoms with Gasteiger partial charge in [-0.2, -0.15) is 0 Å². The zero-order valence-electron chi connectivity index (χ0n) is 6.30. The molecule has 0 amide bonds. The van der Waals surface area contributed by atoms with E-state index in [1.807, 2.05) is 12.1 Å². The van der Waals surface area contributed by atoms with E-state index in [1.54, 1.807) is 0 Å². The summed E-state index contributed by atoms with van der Waals surface area (Å²) in [5.74, 6) is 0. The maximum atomic E-state index is 3.73. The average molecular weight is 141 g/mol. The molecule has 0 heteroatoms.